The van der Waals surface area contributed by atoms with E-state index in [9.17, 15) is 8.42 Å². The molecule has 4 aromatic rings. The first-order valence-corrected chi connectivity index (χ1v) is 9.76. The second kappa shape index (κ2) is 4.70. The average molecular weight is 348 g/mol. The fraction of sp³-hybridized carbons (Fsp3) is 0.150. The van der Waals surface area contributed by atoms with Crippen molar-refractivity contribution in [2.45, 2.75) is 29.6 Å². The van der Waals surface area contributed by atoms with Crippen molar-refractivity contribution in [2.75, 3.05) is 0 Å². The maximum atomic E-state index is 13.2. The Morgan fingerprint density at radius 3 is 2.56 bits per heavy atom. The summed E-state index contributed by atoms with van der Waals surface area (Å²) >= 11 is 0. The van der Waals surface area contributed by atoms with Gasteiger partial charge in [-0.1, -0.05) is 32.0 Å². The third-order valence-electron chi connectivity index (χ3n) is 4.98. The topological polar surface area (TPSA) is 52.0 Å². The Balaban J connectivity index is 2.09. The van der Waals surface area contributed by atoms with Crippen LogP contribution in [0, 0.1) is 0 Å². The Bertz CT molecular complexity index is 1280. The van der Waals surface area contributed by atoms with E-state index in [-0.39, 0.29) is 0 Å². The van der Waals surface area contributed by atoms with Crippen LogP contribution in [0.2, 0.25) is 0 Å². The summed E-state index contributed by atoms with van der Waals surface area (Å²) < 4.78 is 28.4. The first kappa shape index (κ1) is 14.7. The quantitative estimate of drug-likeness (QED) is 0.450. The van der Waals surface area contributed by atoms with Crippen LogP contribution in [-0.2, 0) is 9.84 Å². The van der Waals surface area contributed by atoms with E-state index in [0.29, 0.717) is 21.4 Å². The standard InChI is InChI=1S/C20H16N2O2S/c1-12(2)13-8-9-17-16(11-13)22-19-14(15-6-4-10-21-20(15)22)5-3-7-18(19)25(17,23)24/h3-12H,1-2H3. The Hall–Kier alpha value is -2.66. The molecule has 4 nitrogen and oxygen atoms in total. The van der Waals surface area contributed by atoms with E-state index in [1.54, 1.807) is 24.4 Å². The lowest BCUT2D eigenvalue weighted by atomic mass is 10.0. The summed E-state index contributed by atoms with van der Waals surface area (Å²) in [5.41, 5.74) is 3.33. The highest BCUT2D eigenvalue weighted by atomic mass is 32.2. The van der Waals surface area contributed by atoms with E-state index in [0.717, 1.165) is 27.5 Å². The number of sulfone groups is 1. The molecule has 0 bridgehead atoms. The van der Waals surface area contributed by atoms with Crippen molar-refractivity contribution < 1.29 is 8.42 Å². The van der Waals surface area contributed by atoms with E-state index in [4.69, 9.17) is 0 Å². The summed E-state index contributed by atoms with van der Waals surface area (Å²) in [7, 11) is -3.55. The molecule has 25 heavy (non-hydrogen) atoms. The van der Waals surface area contributed by atoms with Gasteiger partial charge >= 0.3 is 0 Å². The Morgan fingerprint density at radius 2 is 1.76 bits per heavy atom. The van der Waals surface area contributed by atoms with Gasteiger partial charge in [0.05, 0.1) is 21.0 Å². The lowest BCUT2D eigenvalue weighted by Gasteiger charge is -2.21. The molecule has 1 aliphatic rings. The molecule has 0 radical (unpaired) electrons. The fourth-order valence-corrected chi connectivity index (χ4v) is 5.35. The predicted octanol–water partition coefficient (Wildman–Crippen LogP) is 4.45. The zero-order valence-electron chi connectivity index (χ0n) is 13.9. The third kappa shape index (κ3) is 1.76. The maximum absolute atomic E-state index is 13.2. The molecule has 0 fully saturated rings. The summed E-state index contributed by atoms with van der Waals surface area (Å²) in [4.78, 5) is 5.26. The highest BCUT2D eigenvalue weighted by molar-refractivity contribution is 7.92. The van der Waals surface area contributed by atoms with Crippen molar-refractivity contribution >= 4 is 31.8 Å². The molecule has 5 rings (SSSR count). The van der Waals surface area contributed by atoms with Crippen LogP contribution in [-0.4, -0.2) is 18.0 Å². The smallest absolute Gasteiger partial charge is 0.210 e. The van der Waals surface area contributed by atoms with Gasteiger partial charge < -0.3 is 0 Å². The Kier molecular flexibility index (Phi) is 2.76. The molecule has 0 saturated heterocycles. The summed E-state index contributed by atoms with van der Waals surface area (Å²) in [6.07, 6.45) is 1.75. The van der Waals surface area contributed by atoms with Crippen molar-refractivity contribution in [3.05, 3.63) is 60.3 Å². The van der Waals surface area contributed by atoms with Crippen LogP contribution in [0.3, 0.4) is 0 Å². The summed E-state index contributed by atoms with van der Waals surface area (Å²) in [5, 5.41) is 1.89. The molecular formula is C20H16N2O2S. The van der Waals surface area contributed by atoms with E-state index in [1.807, 2.05) is 34.9 Å². The lowest BCUT2D eigenvalue weighted by molar-refractivity contribution is 0.594. The van der Waals surface area contributed by atoms with Crippen LogP contribution in [0.5, 0.6) is 0 Å². The number of hydrogen-bond acceptors (Lipinski definition) is 3. The van der Waals surface area contributed by atoms with Crippen molar-refractivity contribution in [3.63, 3.8) is 0 Å². The number of rotatable bonds is 1. The second-order valence-electron chi connectivity index (χ2n) is 6.75. The zero-order valence-corrected chi connectivity index (χ0v) is 14.7. The molecule has 2 aromatic heterocycles. The van der Waals surface area contributed by atoms with Crippen LogP contribution in [0.25, 0.3) is 27.6 Å². The molecule has 1 aliphatic heterocycles. The molecule has 0 amide bonds. The van der Waals surface area contributed by atoms with Gasteiger partial charge in [-0.05, 0) is 41.8 Å². The molecule has 0 N–H and O–H groups in total. The SMILES string of the molecule is CC(C)c1ccc2c(c1)-n1c3ncccc3c3cccc(c31)S2(=O)=O. The molecule has 0 saturated carbocycles. The van der Waals surface area contributed by atoms with Gasteiger partial charge in [0.25, 0.3) is 0 Å². The van der Waals surface area contributed by atoms with E-state index in [2.05, 4.69) is 18.8 Å². The Morgan fingerprint density at radius 1 is 0.960 bits per heavy atom. The van der Waals surface area contributed by atoms with Crippen molar-refractivity contribution in [1.29, 1.82) is 0 Å². The molecule has 3 heterocycles. The monoisotopic (exact) mass is 348 g/mol. The van der Waals surface area contributed by atoms with Gasteiger partial charge in [-0.25, -0.2) is 13.4 Å². The second-order valence-corrected chi connectivity index (χ2v) is 8.63. The van der Waals surface area contributed by atoms with Crippen molar-refractivity contribution in [1.82, 2.24) is 9.55 Å². The fourth-order valence-electron chi connectivity index (χ4n) is 3.73. The number of nitrogens with zero attached hydrogens (tertiary/aromatic N) is 2. The molecule has 124 valence electrons. The molecule has 2 aromatic carbocycles. The van der Waals surface area contributed by atoms with Gasteiger partial charge in [-0.3, -0.25) is 4.57 Å². The highest BCUT2D eigenvalue weighted by Crippen LogP contribution is 2.43. The van der Waals surface area contributed by atoms with Crippen LogP contribution >= 0.6 is 0 Å². The number of benzene rings is 2. The first-order chi connectivity index (χ1) is 12.0. The number of hydrogen-bond donors (Lipinski definition) is 0. The molecule has 0 atom stereocenters. The van der Waals surface area contributed by atoms with Crippen LogP contribution in [0.4, 0.5) is 0 Å². The lowest BCUT2D eigenvalue weighted by Crippen LogP contribution is -2.15. The number of aromatic nitrogens is 2. The van der Waals surface area contributed by atoms with Crippen LogP contribution < -0.4 is 0 Å². The minimum absolute atomic E-state index is 0.315. The minimum Gasteiger partial charge on any atom is -0.291 e. The average Bonchev–Trinajstić information content (AvgIpc) is 2.95. The predicted molar refractivity (Wildman–Crippen MR) is 98.1 cm³/mol. The van der Waals surface area contributed by atoms with Crippen molar-refractivity contribution in [3.8, 4) is 5.69 Å². The number of pyridine rings is 1. The van der Waals surface area contributed by atoms with E-state index < -0.39 is 9.84 Å². The summed E-state index contributed by atoms with van der Waals surface area (Å²) in [5.74, 6) is 0.315. The van der Waals surface area contributed by atoms with Gasteiger partial charge in [-0.15, -0.1) is 0 Å². The summed E-state index contributed by atoms with van der Waals surface area (Å²) in [6.45, 7) is 4.21. The van der Waals surface area contributed by atoms with Gasteiger partial charge in [0.1, 0.15) is 5.65 Å². The minimum atomic E-state index is -3.55. The van der Waals surface area contributed by atoms with Crippen LogP contribution in [0.15, 0.2) is 64.5 Å². The summed E-state index contributed by atoms with van der Waals surface area (Å²) in [6, 6.07) is 15.0. The van der Waals surface area contributed by atoms with Gasteiger partial charge in [0.15, 0.2) is 0 Å². The number of fused-ring (bicyclic) bond motifs is 5. The van der Waals surface area contributed by atoms with Gasteiger partial charge in [-0.2, -0.15) is 0 Å². The Labute approximate surface area is 145 Å². The molecular weight excluding hydrogens is 332 g/mol. The van der Waals surface area contributed by atoms with E-state index in [1.165, 1.54) is 0 Å². The van der Waals surface area contributed by atoms with Crippen molar-refractivity contribution in [2.24, 2.45) is 0 Å². The highest BCUT2D eigenvalue weighted by Gasteiger charge is 2.33. The first-order valence-electron chi connectivity index (χ1n) is 8.27. The largest absolute Gasteiger partial charge is 0.291 e. The normalized spacial score (nSPS) is 15.0. The maximum Gasteiger partial charge on any atom is 0.210 e. The molecule has 0 aliphatic carbocycles. The zero-order chi connectivity index (χ0) is 17.3. The third-order valence-corrected chi connectivity index (χ3v) is 6.81. The van der Waals surface area contributed by atoms with Gasteiger partial charge in [0, 0.05) is 17.0 Å². The van der Waals surface area contributed by atoms with E-state index >= 15 is 0 Å². The van der Waals surface area contributed by atoms with Gasteiger partial charge in [0.2, 0.25) is 9.84 Å². The molecule has 5 heteroatoms. The van der Waals surface area contributed by atoms with Crippen LogP contribution in [0.1, 0.15) is 25.3 Å². The molecule has 0 unspecified atom stereocenters. The molecule has 0 spiro atoms. The number of para-hydroxylation sites is 1.